The number of hydrogen-bond acceptors (Lipinski definition) is 4. The van der Waals surface area contributed by atoms with Gasteiger partial charge in [-0.2, -0.15) is 0 Å². The molecule has 1 unspecified atom stereocenters. The van der Waals surface area contributed by atoms with E-state index in [1.54, 1.807) is 18.2 Å². The summed E-state index contributed by atoms with van der Waals surface area (Å²) in [5, 5.41) is 2.56. The third-order valence-electron chi connectivity index (χ3n) is 6.26. The third-order valence-corrected chi connectivity index (χ3v) is 8.34. The number of carbonyl (C=O) groups is 1. The molecule has 1 aliphatic heterocycles. The van der Waals surface area contributed by atoms with Crippen molar-refractivity contribution in [1.82, 2.24) is 5.32 Å². The van der Waals surface area contributed by atoms with Crippen molar-refractivity contribution in [3.8, 4) is 0 Å². The summed E-state index contributed by atoms with van der Waals surface area (Å²) in [6.07, 6.45) is 2.43. The highest BCUT2D eigenvalue weighted by molar-refractivity contribution is 7.92. The lowest BCUT2D eigenvalue weighted by atomic mass is 9.99. The number of piperidine rings is 1. The molecule has 0 spiro atoms. The zero-order chi connectivity index (χ0) is 25.7. The summed E-state index contributed by atoms with van der Waals surface area (Å²) >= 11 is 5.91. The molecular weight excluding hydrogens is 501 g/mol. The highest BCUT2D eigenvalue weighted by Crippen LogP contribution is 2.28. The van der Waals surface area contributed by atoms with E-state index in [0.717, 1.165) is 34.7 Å². The van der Waals surface area contributed by atoms with Gasteiger partial charge in [-0.05, 0) is 66.8 Å². The summed E-state index contributed by atoms with van der Waals surface area (Å²) in [7, 11) is -4.10. The number of rotatable bonds is 8. The van der Waals surface area contributed by atoms with Gasteiger partial charge < -0.3 is 10.2 Å². The molecule has 1 atom stereocenters. The number of nitrogens with zero attached hydrogens (tertiary/aromatic N) is 2. The van der Waals surface area contributed by atoms with Gasteiger partial charge in [-0.3, -0.25) is 9.10 Å². The quantitative estimate of drug-likeness (QED) is 0.434. The van der Waals surface area contributed by atoms with Gasteiger partial charge in [-0.15, -0.1) is 0 Å². The van der Waals surface area contributed by atoms with Crippen LogP contribution in [-0.2, 0) is 21.4 Å². The molecule has 1 saturated heterocycles. The second kappa shape index (κ2) is 11.3. The molecule has 1 aliphatic rings. The second-order valence-electron chi connectivity index (χ2n) is 9.06. The van der Waals surface area contributed by atoms with Crippen LogP contribution >= 0.6 is 11.6 Å². The van der Waals surface area contributed by atoms with Crippen LogP contribution in [0.2, 0.25) is 5.02 Å². The van der Waals surface area contributed by atoms with E-state index in [1.807, 2.05) is 24.3 Å². The molecule has 4 rings (SSSR count). The molecule has 9 heteroatoms. The van der Waals surface area contributed by atoms with Gasteiger partial charge in [0.1, 0.15) is 12.4 Å². The first-order valence-corrected chi connectivity index (χ1v) is 13.7. The van der Waals surface area contributed by atoms with E-state index in [-0.39, 0.29) is 22.2 Å². The minimum atomic E-state index is -4.10. The molecule has 0 radical (unpaired) electrons. The van der Waals surface area contributed by atoms with Gasteiger partial charge >= 0.3 is 0 Å². The number of sulfonamides is 1. The molecule has 36 heavy (non-hydrogen) atoms. The Morgan fingerprint density at radius 3 is 2.50 bits per heavy atom. The highest BCUT2D eigenvalue weighted by atomic mass is 35.5. The lowest BCUT2D eigenvalue weighted by Gasteiger charge is -2.32. The van der Waals surface area contributed by atoms with Gasteiger partial charge in [-0.25, -0.2) is 12.8 Å². The normalized spacial score (nSPS) is 16.0. The number of carbonyl (C=O) groups excluding carboxylic acids is 1. The summed E-state index contributed by atoms with van der Waals surface area (Å²) in [5.41, 5.74) is 2.16. The van der Waals surface area contributed by atoms with Crippen molar-refractivity contribution in [2.45, 2.75) is 31.2 Å². The summed E-state index contributed by atoms with van der Waals surface area (Å²) in [4.78, 5) is 15.2. The fraction of sp³-hybridized carbons (Fsp3) is 0.296. The lowest BCUT2D eigenvalue weighted by molar-refractivity contribution is -0.119. The minimum Gasteiger partial charge on any atom is -0.371 e. The molecule has 3 aromatic carbocycles. The smallest absolute Gasteiger partial charge is 0.264 e. The van der Waals surface area contributed by atoms with Crippen LogP contribution in [0.15, 0.2) is 77.7 Å². The number of benzene rings is 3. The molecule has 0 aliphatic carbocycles. The first kappa shape index (κ1) is 26.0. The number of nitrogens with one attached hydrogen (secondary N) is 1. The Kier molecular flexibility index (Phi) is 8.16. The maximum Gasteiger partial charge on any atom is 0.264 e. The van der Waals surface area contributed by atoms with Crippen LogP contribution in [0, 0.1) is 11.7 Å². The van der Waals surface area contributed by atoms with Crippen molar-refractivity contribution in [3.63, 3.8) is 0 Å². The van der Waals surface area contributed by atoms with Crippen LogP contribution in [0.1, 0.15) is 25.3 Å². The van der Waals surface area contributed by atoms with Crippen LogP contribution in [0.4, 0.5) is 15.8 Å². The van der Waals surface area contributed by atoms with E-state index in [1.165, 1.54) is 37.1 Å². The maximum atomic E-state index is 13.7. The molecule has 1 N–H and O–H groups in total. The van der Waals surface area contributed by atoms with Gasteiger partial charge in [0.15, 0.2) is 0 Å². The molecule has 0 aromatic heterocycles. The van der Waals surface area contributed by atoms with Crippen molar-refractivity contribution in [2.24, 2.45) is 5.92 Å². The summed E-state index contributed by atoms with van der Waals surface area (Å²) < 4.78 is 41.4. The number of halogens is 2. The van der Waals surface area contributed by atoms with Gasteiger partial charge in [-0.1, -0.05) is 48.9 Å². The van der Waals surface area contributed by atoms with Crippen LogP contribution in [0.3, 0.4) is 0 Å². The first-order valence-electron chi connectivity index (χ1n) is 11.9. The average Bonchev–Trinajstić information content (AvgIpc) is 2.88. The second-order valence-corrected chi connectivity index (χ2v) is 11.3. The van der Waals surface area contributed by atoms with Gasteiger partial charge in [0.05, 0.1) is 15.6 Å². The summed E-state index contributed by atoms with van der Waals surface area (Å²) in [5.74, 6) is -0.503. The molecule has 3 aromatic rings. The molecule has 1 fully saturated rings. The molecular formula is C27H29ClFN3O3S. The van der Waals surface area contributed by atoms with E-state index in [2.05, 4.69) is 17.1 Å². The largest absolute Gasteiger partial charge is 0.371 e. The number of hydrogen-bond donors (Lipinski definition) is 1. The van der Waals surface area contributed by atoms with Crippen molar-refractivity contribution in [2.75, 3.05) is 28.8 Å². The fourth-order valence-electron chi connectivity index (χ4n) is 4.31. The van der Waals surface area contributed by atoms with E-state index >= 15 is 0 Å². The predicted molar refractivity (Wildman–Crippen MR) is 141 cm³/mol. The zero-order valence-corrected chi connectivity index (χ0v) is 21.6. The molecule has 1 heterocycles. The predicted octanol–water partition coefficient (Wildman–Crippen LogP) is 5.23. The van der Waals surface area contributed by atoms with E-state index in [9.17, 15) is 17.6 Å². The summed E-state index contributed by atoms with van der Waals surface area (Å²) in [6.45, 7) is 4.11. The Morgan fingerprint density at radius 1 is 1.11 bits per heavy atom. The number of anilines is 2. The van der Waals surface area contributed by atoms with E-state index < -0.39 is 28.3 Å². The Morgan fingerprint density at radius 2 is 1.83 bits per heavy atom. The lowest BCUT2D eigenvalue weighted by Crippen LogP contribution is -2.40. The topological polar surface area (TPSA) is 69.7 Å². The highest BCUT2D eigenvalue weighted by Gasteiger charge is 2.27. The fourth-order valence-corrected chi connectivity index (χ4v) is 5.92. The molecule has 6 nitrogen and oxygen atoms in total. The van der Waals surface area contributed by atoms with Crippen LogP contribution in [0.25, 0.3) is 0 Å². The van der Waals surface area contributed by atoms with E-state index in [4.69, 9.17) is 11.6 Å². The maximum absolute atomic E-state index is 13.7. The van der Waals surface area contributed by atoms with Crippen molar-refractivity contribution >= 4 is 38.9 Å². The van der Waals surface area contributed by atoms with Gasteiger partial charge in [0.2, 0.25) is 5.91 Å². The third kappa shape index (κ3) is 6.17. The van der Waals surface area contributed by atoms with Crippen molar-refractivity contribution in [1.29, 1.82) is 0 Å². The Labute approximate surface area is 216 Å². The Bertz CT molecular complexity index is 1300. The van der Waals surface area contributed by atoms with Gasteiger partial charge in [0.25, 0.3) is 10.0 Å². The molecule has 0 saturated carbocycles. The average molecular weight is 530 g/mol. The molecule has 1 amide bonds. The minimum absolute atomic E-state index is 0.0147. The van der Waals surface area contributed by atoms with Crippen LogP contribution in [0.5, 0.6) is 0 Å². The van der Waals surface area contributed by atoms with Gasteiger partial charge in [0, 0.05) is 25.3 Å². The Hall–Kier alpha value is -3.10. The molecule has 190 valence electrons. The number of amides is 1. The van der Waals surface area contributed by atoms with Crippen LogP contribution < -0.4 is 14.5 Å². The molecule has 0 bridgehead atoms. The standard InChI is InChI=1S/C27H29ClFN3O3S/c1-20-6-5-15-31(18-20)22-11-9-21(10-12-22)17-30-27(33)19-32(23-13-14-26(29)25(28)16-23)36(34,35)24-7-3-2-4-8-24/h2-4,7-14,16,20H,5-6,15,17-19H2,1H3,(H,30,33). The monoisotopic (exact) mass is 529 g/mol. The zero-order valence-electron chi connectivity index (χ0n) is 20.0. The van der Waals surface area contributed by atoms with E-state index in [0.29, 0.717) is 5.92 Å². The SMILES string of the molecule is CC1CCCN(c2ccc(CNC(=O)CN(c3ccc(F)c(Cl)c3)S(=O)(=O)c3ccccc3)cc2)C1. The van der Waals surface area contributed by atoms with Crippen LogP contribution in [-0.4, -0.2) is 34.0 Å². The first-order chi connectivity index (χ1) is 17.2. The Balaban J connectivity index is 1.47. The summed E-state index contributed by atoms with van der Waals surface area (Å²) in [6, 6.07) is 19.4. The van der Waals surface area contributed by atoms with Crippen molar-refractivity contribution < 1.29 is 17.6 Å². The van der Waals surface area contributed by atoms with Crippen molar-refractivity contribution in [3.05, 3.63) is 89.2 Å².